The number of amides is 1. The molecule has 0 saturated carbocycles. The van der Waals surface area contributed by atoms with Gasteiger partial charge in [-0.3, -0.25) is 4.79 Å². The normalized spacial score (nSPS) is 18.4. The average molecular weight is 445 g/mol. The average Bonchev–Trinajstić information content (AvgIpc) is 2.78. The van der Waals surface area contributed by atoms with E-state index in [0.717, 1.165) is 18.4 Å². The van der Waals surface area contributed by atoms with Crippen LogP contribution in [0.5, 0.6) is 5.75 Å². The second-order valence-corrected chi connectivity index (χ2v) is 10.2. The number of carbonyl (C=O) groups is 1. The van der Waals surface area contributed by atoms with Crippen molar-refractivity contribution in [2.75, 3.05) is 20.2 Å². The van der Waals surface area contributed by atoms with Gasteiger partial charge in [0.1, 0.15) is 10.6 Å². The molecule has 2 atom stereocenters. The molecule has 1 N–H and O–H groups in total. The maximum atomic E-state index is 13.3. The standard InChI is InChI=1S/C24H32N2O4S/c1-18-11-14-22(30-3)23(16-18)31(28,29)26-15-7-10-21(17-26)24(27)25-19(2)12-13-20-8-5-4-6-9-20/h4-6,8-9,11,14,16,19,21H,7,10,12-13,15,17H2,1-3H3,(H,25,27)/t19-,21+/m0/s1. The Morgan fingerprint density at radius 1 is 1.23 bits per heavy atom. The molecule has 1 amide bonds. The largest absolute Gasteiger partial charge is 0.495 e. The molecule has 168 valence electrons. The second-order valence-electron chi connectivity index (χ2n) is 8.29. The Labute approximate surface area is 185 Å². The lowest BCUT2D eigenvalue weighted by molar-refractivity contribution is -0.126. The van der Waals surface area contributed by atoms with E-state index in [2.05, 4.69) is 17.4 Å². The minimum atomic E-state index is -3.74. The summed E-state index contributed by atoms with van der Waals surface area (Å²) in [6.45, 7) is 4.45. The van der Waals surface area contributed by atoms with Crippen LogP contribution in [-0.4, -0.2) is 44.9 Å². The van der Waals surface area contributed by atoms with Crippen molar-refractivity contribution in [2.24, 2.45) is 5.92 Å². The van der Waals surface area contributed by atoms with E-state index in [-0.39, 0.29) is 29.3 Å². The van der Waals surface area contributed by atoms with Gasteiger partial charge in [0.25, 0.3) is 0 Å². The Hall–Kier alpha value is -2.38. The van der Waals surface area contributed by atoms with Crippen molar-refractivity contribution in [1.82, 2.24) is 9.62 Å². The summed E-state index contributed by atoms with van der Waals surface area (Å²) in [4.78, 5) is 13.0. The number of carbonyl (C=O) groups excluding carboxylic acids is 1. The molecule has 1 aliphatic rings. The Bertz CT molecular complexity index is 992. The van der Waals surface area contributed by atoms with Crippen molar-refractivity contribution in [3.63, 3.8) is 0 Å². The number of ether oxygens (including phenoxy) is 1. The monoisotopic (exact) mass is 444 g/mol. The zero-order valence-electron chi connectivity index (χ0n) is 18.5. The van der Waals surface area contributed by atoms with E-state index >= 15 is 0 Å². The van der Waals surface area contributed by atoms with E-state index < -0.39 is 10.0 Å². The van der Waals surface area contributed by atoms with E-state index in [1.54, 1.807) is 12.1 Å². The van der Waals surface area contributed by atoms with Crippen molar-refractivity contribution in [3.8, 4) is 5.75 Å². The third kappa shape index (κ3) is 5.86. The summed E-state index contributed by atoms with van der Waals surface area (Å²) in [5.74, 6) is -0.0955. The molecule has 1 aliphatic heterocycles. The highest BCUT2D eigenvalue weighted by Crippen LogP contribution is 2.30. The molecule has 6 nitrogen and oxygen atoms in total. The van der Waals surface area contributed by atoms with Gasteiger partial charge in [-0.15, -0.1) is 0 Å². The highest BCUT2D eigenvalue weighted by molar-refractivity contribution is 7.89. The zero-order valence-corrected chi connectivity index (χ0v) is 19.3. The van der Waals surface area contributed by atoms with Gasteiger partial charge < -0.3 is 10.1 Å². The Kier molecular flexibility index (Phi) is 7.73. The molecule has 1 heterocycles. The fourth-order valence-electron chi connectivity index (χ4n) is 3.96. The van der Waals surface area contributed by atoms with Gasteiger partial charge in [-0.1, -0.05) is 36.4 Å². The Morgan fingerprint density at radius 3 is 2.68 bits per heavy atom. The maximum Gasteiger partial charge on any atom is 0.246 e. The van der Waals surface area contributed by atoms with Gasteiger partial charge in [0.2, 0.25) is 15.9 Å². The first-order chi connectivity index (χ1) is 14.8. The molecular weight excluding hydrogens is 412 g/mol. The molecule has 0 radical (unpaired) electrons. The Balaban J connectivity index is 1.63. The van der Waals surface area contributed by atoms with Gasteiger partial charge in [-0.2, -0.15) is 4.31 Å². The van der Waals surface area contributed by atoms with Crippen LogP contribution < -0.4 is 10.1 Å². The summed E-state index contributed by atoms with van der Waals surface area (Å²) in [5, 5.41) is 3.08. The molecule has 0 spiro atoms. The van der Waals surface area contributed by atoms with Crippen LogP contribution in [0.25, 0.3) is 0 Å². The predicted octanol–water partition coefficient (Wildman–Crippen LogP) is 3.54. The first-order valence-electron chi connectivity index (χ1n) is 10.8. The molecule has 0 aliphatic carbocycles. The Morgan fingerprint density at radius 2 is 1.97 bits per heavy atom. The molecule has 0 bridgehead atoms. The number of methoxy groups -OCH3 is 1. The minimum absolute atomic E-state index is 0.0246. The van der Waals surface area contributed by atoms with Gasteiger partial charge in [0.05, 0.1) is 13.0 Å². The molecule has 1 saturated heterocycles. The van der Waals surface area contributed by atoms with Crippen molar-refractivity contribution < 1.29 is 17.9 Å². The van der Waals surface area contributed by atoms with Crippen LogP contribution in [0.3, 0.4) is 0 Å². The number of rotatable bonds is 8. The molecule has 0 aromatic heterocycles. The van der Waals surface area contributed by atoms with Crippen LogP contribution in [0.15, 0.2) is 53.4 Å². The molecule has 3 rings (SSSR count). The summed E-state index contributed by atoms with van der Waals surface area (Å²) >= 11 is 0. The minimum Gasteiger partial charge on any atom is -0.495 e. The number of nitrogens with one attached hydrogen (secondary N) is 1. The van der Waals surface area contributed by atoms with E-state index in [1.807, 2.05) is 38.1 Å². The van der Waals surface area contributed by atoms with Gasteiger partial charge in [0.15, 0.2) is 0 Å². The summed E-state index contributed by atoms with van der Waals surface area (Å²) in [5.41, 5.74) is 2.09. The zero-order chi connectivity index (χ0) is 22.4. The first kappa shape index (κ1) is 23.3. The van der Waals surface area contributed by atoms with Crippen LogP contribution >= 0.6 is 0 Å². The molecule has 31 heavy (non-hydrogen) atoms. The highest BCUT2D eigenvalue weighted by atomic mass is 32.2. The molecule has 7 heteroatoms. The van der Waals surface area contributed by atoms with Crippen LogP contribution in [0.1, 0.15) is 37.3 Å². The van der Waals surface area contributed by atoms with E-state index in [1.165, 1.54) is 17.0 Å². The summed E-state index contributed by atoms with van der Waals surface area (Å²) in [6.07, 6.45) is 3.07. The number of hydrogen-bond acceptors (Lipinski definition) is 4. The van der Waals surface area contributed by atoms with Crippen LogP contribution in [0.2, 0.25) is 0 Å². The van der Waals surface area contributed by atoms with Crippen LogP contribution in [-0.2, 0) is 21.2 Å². The third-order valence-electron chi connectivity index (χ3n) is 5.79. The lowest BCUT2D eigenvalue weighted by Crippen LogP contribution is -2.47. The summed E-state index contributed by atoms with van der Waals surface area (Å²) in [7, 11) is -2.27. The lowest BCUT2D eigenvalue weighted by atomic mass is 9.98. The van der Waals surface area contributed by atoms with Gasteiger partial charge in [-0.05, 0) is 62.8 Å². The number of aryl methyl sites for hydroxylation is 2. The number of hydrogen-bond donors (Lipinski definition) is 1. The molecule has 2 aromatic rings. The van der Waals surface area contributed by atoms with Crippen LogP contribution in [0.4, 0.5) is 0 Å². The third-order valence-corrected chi connectivity index (χ3v) is 7.68. The quantitative estimate of drug-likeness (QED) is 0.676. The van der Waals surface area contributed by atoms with E-state index in [0.29, 0.717) is 25.1 Å². The highest BCUT2D eigenvalue weighted by Gasteiger charge is 2.35. The van der Waals surface area contributed by atoms with Gasteiger partial charge in [-0.25, -0.2) is 8.42 Å². The molecule has 0 unspecified atom stereocenters. The number of sulfonamides is 1. The molecule has 2 aromatic carbocycles. The molecule has 1 fully saturated rings. The van der Waals surface area contributed by atoms with Crippen molar-refractivity contribution >= 4 is 15.9 Å². The maximum absolute atomic E-state index is 13.3. The fourth-order valence-corrected chi connectivity index (χ4v) is 5.72. The summed E-state index contributed by atoms with van der Waals surface area (Å²) < 4.78 is 33.3. The number of benzene rings is 2. The lowest BCUT2D eigenvalue weighted by Gasteiger charge is -2.32. The van der Waals surface area contributed by atoms with E-state index in [4.69, 9.17) is 4.74 Å². The predicted molar refractivity (Wildman–Crippen MR) is 122 cm³/mol. The van der Waals surface area contributed by atoms with Crippen molar-refractivity contribution in [2.45, 2.75) is 50.5 Å². The number of piperidine rings is 1. The number of nitrogens with zero attached hydrogens (tertiary/aromatic N) is 1. The summed E-state index contributed by atoms with van der Waals surface area (Å²) in [6, 6.07) is 15.3. The fraction of sp³-hybridized carbons (Fsp3) is 0.458. The van der Waals surface area contributed by atoms with E-state index in [9.17, 15) is 13.2 Å². The molecular formula is C24H32N2O4S. The van der Waals surface area contributed by atoms with Crippen molar-refractivity contribution in [3.05, 3.63) is 59.7 Å². The van der Waals surface area contributed by atoms with Gasteiger partial charge in [0, 0.05) is 19.1 Å². The SMILES string of the molecule is COc1ccc(C)cc1S(=O)(=O)N1CCC[C@@H](C(=O)N[C@@H](C)CCc2ccccc2)C1. The van der Waals surface area contributed by atoms with Gasteiger partial charge >= 0.3 is 0 Å². The second kappa shape index (κ2) is 10.3. The first-order valence-corrected chi connectivity index (χ1v) is 12.2. The van der Waals surface area contributed by atoms with Crippen molar-refractivity contribution in [1.29, 1.82) is 0 Å². The smallest absolute Gasteiger partial charge is 0.246 e. The van der Waals surface area contributed by atoms with Crippen LogP contribution in [0, 0.1) is 12.8 Å². The topological polar surface area (TPSA) is 75.7 Å².